The largest absolute Gasteiger partial charge is 0.405 e. The fourth-order valence-electron chi connectivity index (χ4n) is 7.59. The number of aliphatic hydroxyl groups excluding tert-OH is 2. The second-order valence-corrected chi connectivity index (χ2v) is 17.5. The summed E-state index contributed by atoms with van der Waals surface area (Å²) in [6.45, 7) is 9.16. The molecule has 6 rings (SSSR count). The molecule has 0 unspecified atom stereocenters. The molecule has 0 radical (unpaired) electrons. The van der Waals surface area contributed by atoms with Gasteiger partial charge in [0, 0.05) is 49.4 Å². The van der Waals surface area contributed by atoms with Gasteiger partial charge in [0.1, 0.15) is 24.7 Å². The first-order valence-electron chi connectivity index (χ1n) is 18.6. The van der Waals surface area contributed by atoms with Gasteiger partial charge in [-0.15, -0.1) is 14.5 Å². The average molecular weight is 766 g/mol. The van der Waals surface area contributed by atoms with Gasteiger partial charge in [0.25, 0.3) is 5.91 Å². The molecule has 0 spiro atoms. The molecule has 298 valence electrons. The van der Waals surface area contributed by atoms with Crippen LogP contribution in [0.1, 0.15) is 115 Å². The van der Waals surface area contributed by atoms with E-state index in [1.807, 2.05) is 26.1 Å². The first kappa shape index (κ1) is 39.6. The summed E-state index contributed by atoms with van der Waals surface area (Å²) in [6, 6.07) is -4.08. The number of aromatic nitrogens is 6. The highest BCUT2D eigenvalue weighted by molar-refractivity contribution is 5.90. The van der Waals surface area contributed by atoms with Crippen molar-refractivity contribution in [3.05, 3.63) is 23.8 Å². The van der Waals surface area contributed by atoms with Gasteiger partial charge in [-0.3, -0.25) is 19.2 Å². The van der Waals surface area contributed by atoms with Crippen LogP contribution in [0.15, 0.2) is 12.4 Å². The molecule has 2 aromatic heterocycles. The van der Waals surface area contributed by atoms with E-state index in [0.717, 1.165) is 42.0 Å². The molecule has 2 saturated carbocycles. The first-order chi connectivity index (χ1) is 25.1. The minimum Gasteiger partial charge on any atom is -0.391 e. The molecular formula is C35H52F3N10O6+. The Morgan fingerprint density at radius 1 is 0.852 bits per heavy atom. The molecule has 2 saturated heterocycles. The van der Waals surface area contributed by atoms with E-state index in [1.54, 1.807) is 42.5 Å². The number of hydrogen-bond acceptors (Lipinski definition) is 9. The Labute approximate surface area is 311 Å². The number of carbonyl (C=O) groups is 4. The number of halogens is 3. The van der Waals surface area contributed by atoms with Crippen molar-refractivity contribution in [1.29, 1.82) is 0 Å². The summed E-state index contributed by atoms with van der Waals surface area (Å²) in [4.78, 5) is 57.5. The van der Waals surface area contributed by atoms with Gasteiger partial charge < -0.3 is 30.6 Å². The molecule has 54 heavy (non-hydrogen) atoms. The molecule has 0 aromatic carbocycles. The van der Waals surface area contributed by atoms with Gasteiger partial charge in [0.15, 0.2) is 18.6 Å². The van der Waals surface area contributed by atoms with E-state index in [4.69, 9.17) is 0 Å². The lowest BCUT2D eigenvalue weighted by molar-refractivity contribution is -0.777. The number of nitrogens with one attached hydrogen (secondary N) is 2. The van der Waals surface area contributed by atoms with Crippen LogP contribution in [-0.2, 0) is 25.8 Å². The second kappa shape index (κ2) is 14.5. The summed E-state index contributed by atoms with van der Waals surface area (Å²) in [7, 11) is 0. The summed E-state index contributed by atoms with van der Waals surface area (Å²) in [6.07, 6.45) is 0.405. The van der Waals surface area contributed by atoms with E-state index < -0.39 is 77.6 Å². The van der Waals surface area contributed by atoms with E-state index >= 15 is 0 Å². The number of amides is 4. The average Bonchev–Trinajstić information content (AvgIpc) is 3.91. The summed E-state index contributed by atoms with van der Waals surface area (Å²) >= 11 is 0. The second-order valence-electron chi connectivity index (χ2n) is 17.5. The lowest BCUT2D eigenvalue weighted by Crippen LogP contribution is -2.59. The van der Waals surface area contributed by atoms with Crippen molar-refractivity contribution in [1.82, 2.24) is 45.3 Å². The SMILES string of the molecule is CC(C)(C)[C@@H](C(=O)N1C[C@H](O)C[C@H]1C(=O)NCn1n[n+]([C@H](C(=O)N2C[C@H](O)C[C@H]2C(=O)NCC(F)(F)F)C(C)(C)C)cc1C1CC1)n1cc(C2CC2)nn1. The Morgan fingerprint density at radius 2 is 1.41 bits per heavy atom. The van der Waals surface area contributed by atoms with Crippen LogP contribution in [0.25, 0.3) is 0 Å². The number of aliphatic hydroxyl groups is 2. The highest BCUT2D eigenvalue weighted by Crippen LogP contribution is 2.41. The predicted octanol–water partition coefficient (Wildman–Crippen LogP) is 1.07. The van der Waals surface area contributed by atoms with E-state index in [2.05, 4.69) is 20.8 Å². The van der Waals surface area contributed by atoms with Gasteiger partial charge in [-0.1, -0.05) is 46.8 Å². The van der Waals surface area contributed by atoms with Crippen LogP contribution < -0.4 is 15.3 Å². The zero-order valence-corrected chi connectivity index (χ0v) is 31.6. The molecule has 16 nitrogen and oxygen atoms in total. The maximum atomic E-state index is 14.2. The molecule has 2 aliphatic carbocycles. The number of likely N-dealkylation sites (tertiary alicyclic amines) is 2. The monoisotopic (exact) mass is 765 g/mol. The van der Waals surface area contributed by atoms with Crippen LogP contribution in [0.2, 0.25) is 0 Å². The highest BCUT2D eigenvalue weighted by atomic mass is 19.4. The number of β-amino-alcohol motifs (C(OH)–C–C–N with tert-alkyl or cyclic N) is 2. The Morgan fingerprint density at radius 3 is 1.93 bits per heavy atom. The lowest BCUT2D eigenvalue weighted by atomic mass is 9.85. The Hall–Kier alpha value is -4.13. The van der Waals surface area contributed by atoms with Gasteiger partial charge in [-0.25, -0.2) is 4.68 Å². The Balaban J connectivity index is 1.20. The maximum absolute atomic E-state index is 14.2. The minimum atomic E-state index is -4.65. The van der Waals surface area contributed by atoms with Crippen LogP contribution in [-0.4, -0.2) is 119 Å². The number of alkyl halides is 3. The molecule has 4 heterocycles. The van der Waals surface area contributed by atoms with Crippen molar-refractivity contribution >= 4 is 23.6 Å². The highest BCUT2D eigenvalue weighted by Gasteiger charge is 2.50. The number of rotatable bonds is 11. The minimum absolute atomic E-state index is 0.0292. The zero-order valence-electron chi connectivity index (χ0n) is 31.6. The quantitative estimate of drug-likeness (QED) is 0.243. The lowest BCUT2D eigenvalue weighted by Gasteiger charge is -2.34. The third kappa shape index (κ3) is 8.71. The number of carbonyl (C=O) groups excluding carboxylic acids is 4. The Kier molecular flexibility index (Phi) is 10.6. The van der Waals surface area contributed by atoms with Crippen molar-refractivity contribution in [3.8, 4) is 0 Å². The molecule has 4 amide bonds. The van der Waals surface area contributed by atoms with Gasteiger partial charge in [-0.05, 0) is 31.1 Å². The van der Waals surface area contributed by atoms with Crippen LogP contribution in [0.5, 0.6) is 0 Å². The number of hydrogen-bond donors (Lipinski definition) is 4. The van der Waals surface area contributed by atoms with Crippen LogP contribution in [0, 0.1) is 10.8 Å². The molecular weight excluding hydrogens is 713 g/mol. The molecule has 0 bridgehead atoms. The van der Waals surface area contributed by atoms with Crippen molar-refractivity contribution in [2.45, 2.75) is 141 Å². The Bertz CT molecular complexity index is 1740. The number of nitrogens with zero attached hydrogens (tertiary/aromatic N) is 8. The predicted molar refractivity (Wildman–Crippen MR) is 183 cm³/mol. The molecule has 19 heteroatoms. The molecule has 2 aromatic rings. The fourth-order valence-corrected chi connectivity index (χ4v) is 7.59. The first-order valence-corrected chi connectivity index (χ1v) is 18.6. The van der Waals surface area contributed by atoms with Crippen molar-refractivity contribution in [3.63, 3.8) is 0 Å². The van der Waals surface area contributed by atoms with Crippen molar-refractivity contribution in [2.75, 3.05) is 19.6 Å². The van der Waals surface area contributed by atoms with Crippen LogP contribution >= 0.6 is 0 Å². The molecule has 4 fully saturated rings. The normalized spacial score (nSPS) is 24.8. The summed E-state index contributed by atoms with van der Waals surface area (Å²) < 4.78 is 43.2. The summed E-state index contributed by atoms with van der Waals surface area (Å²) in [5, 5.41) is 39.0. The third-order valence-electron chi connectivity index (χ3n) is 10.5. The van der Waals surface area contributed by atoms with Crippen LogP contribution in [0.3, 0.4) is 0 Å². The van der Waals surface area contributed by atoms with Crippen molar-refractivity contribution in [2.24, 2.45) is 10.8 Å². The molecule has 4 aliphatic rings. The van der Waals surface area contributed by atoms with Gasteiger partial charge in [-0.2, -0.15) is 13.2 Å². The van der Waals surface area contributed by atoms with Gasteiger partial charge in [0.05, 0.1) is 23.1 Å². The molecule has 2 aliphatic heterocycles. The van der Waals surface area contributed by atoms with Gasteiger partial charge >= 0.3 is 6.18 Å². The molecule has 4 N–H and O–H groups in total. The fraction of sp³-hybridized carbons (Fsp3) is 0.771. The molecule has 6 atom stereocenters. The summed E-state index contributed by atoms with van der Waals surface area (Å²) in [5.74, 6) is -2.01. The third-order valence-corrected chi connectivity index (χ3v) is 10.5. The zero-order chi connectivity index (χ0) is 39.5. The van der Waals surface area contributed by atoms with Crippen LogP contribution in [0.4, 0.5) is 13.2 Å². The van der Waals surface area contributed by atoms with E-state index in [-0.39, 0.29) is 44.4 Å². The van der Waals surface area contributed by atoms with E-state index in [1.165, 1.54) is 9.58 Å². The topological polar surface area (TPSA) is 192 Å². The maximum Gasteiger partial charge on any atom is 0.405 e. The standard InChI is InChI=1S/C35H51F3N10O6/c1-33(2,3)27(46-15-23(41-42-46)19-7-8-19)31(53)45-14-22(50)12-25(45)30(52)40-18-48-26(20-9-10-20)16-47(43-48)28(34(4,5)6)32(54)44-13-21(49)11-24(44)29(51)39-17-35(36,37)38/h15-16,19-22,24-25,27-28,49-50H,7-14,17-18H2,1-6H3,(H-,39,40,51,52)/p+1/t21-,22-,24+,25+,27-,28-/m1/s1. The van der Waals surface area contributed by atoms with Crippen molar-refractivity contribution < 1.29 is 47.2 Å². The van der Waals surface area contributed by atoms with E-state index in [9.17, 15) is 42.6 Å². The van der Waals surface area contributed by atoms with Gasteiger partial charge in [0.2, 0.25) is 23.8 Å². The van der Waals surface area contributed by atoms with E-state index in [0.29, 0.717) is 5.92 Å². The smallest absolute Gasteiger partial charge is 0.391 e. The summed E-state index contributed by atoms with van der Waals surface area (Å²) in [5.41, 5.74) is 0.168.